The normalized spacial score (nSPS) is 11.2. The Kier molecular flexibility index (Phi) is 6.46. The van der Waals surface area contributed by atoms with Crippen LogP contribution in [0.4, 0.5) is 0 Å². The molecule has 0 saturated carbocycles. The number of ether oxygens (including phenoxy) is 2. The van der Waals surface area contributed by atoms with Crippen LogP contribution in [0.1, 0.15) is 30.9 Å². The van der Waals surface area contributed by atoms with Gasteiger partial charge in [0.15, 0.2) is 11.5 Å². The SMILES string of the molecule is CCCCOc1cc(/C=C(\C(=O)O)c2cccc(O)c2)ccc1OC. The van der Waals surface area contributed by atoms with Gasteiger partial charge in [0.1, 0.15) is 5.75 Å². The Balaban J connectivity index is 2.39. The van der Waals surface area contributed by atoms with Crippen LogP contribution in [0.25, 0.3) is 11.6 Å². The number of aromatic hydroxyl groups is 1. The van der Waals surface area contributed by atoms with Crippen LogP contribution in [0.2, 0.25) is 0 Å². The van der Waals surface area contributed by atoms with Crippen molar-refractivity contribution in [2.24, 2.45) is 0 Å². The molecule has 0 fully saturated rings. The highest BCUT2D eigenvalue weighted by molar-refractivity contribution is 6.20. The molecule has 2 N–H and O–H groups in total. The topological polar surface area (TPSA) is 76.0 Å². The predicted octanol–water partition coefficient (Wildman–Crippen LogP) is 4.20. The van der Waals surface area contributed by atoms with Gasteiger partial charge >= 0.3 is 5.97 Å². The third kappa shape index (κ3) is 5.01. The van der Waals surface area contributed by atoms with Gasteiger partial charge in [0.2, 0.25) is 0 Å². The minimum atomic E-state index is -1.07. The number of methoxy groups -OCH3 is 1. The molecule has 0 heterocycles. The number of rotatable bonds is 8. The van der Waals surface area contributed by atoms with Crippen LogP contribution in [0.5, 0.6) is 17.2 Å². The molecule has 132 valence electrons. The lowest BCUT2D eigenvalue weighted by molar-refractivity contribution is -0.130. The second-order valence-electron chi connectivity index (χ2n) is 5.53. The number of unbranched alkanes of at least 4 members (excludes halogenated alkanes) is 1. The third-order valence-electron chi connectivity index (χ3n) is 3.64. The maximum atomic E-state index is 11.6. The Hall–Kier alpha value is -2.95. The largest absolute Gasteiger partial charge is 0.508 e. The van der Waals surface area contributed by atoms with Gasteiger partial charge in [-0.15, -0.1) is 0 Å². The molecular weight excluding hydrogens is 320 g/mol. The van der Waals surface area contributed by atoms with Gasteiger partial charge in [-0.3, -0.25) is 0 Å². The summed E-state index contributed by atoms with van der Waals surface area (Å²) in [5.74, 6) is 0.116. The van der Waals surface area contributed by atoms with Crippen molar-refractivity contribution in [1.29, 1.82) is 0 Å². The van der Waals surface area contributed by atoms with Crippen LogP contribution >= 0.6 is 0 Å². The second kappa shape index (κ2) is 8.78. The Labute approximate surface area is 147 Å². The first-order valence-corrected chi connectivity index (χ1v) is 8.10. The van der Waals surface area contributed by atoms with Gasteiger partial charge in [0, 0.05) is 0 Å². The summed E-state index contributed by atoms with van der Waals surface area (Å²) in [4.78, 5) is 11.6. The number of carbonyl (C=O) groups is 1. The van der Waals surface area contributed by atoms with Crippen LogP contribution in [-0.2, 0) is 4.79 Å². The van der Waals surface area contributed by atoms with Gasteiger partial charge in [0.25, 0.3) is 0 Å². The zero-order chi connectivity index (χ0) is 18.2. The molecule has 2 rings (SSSR count). The van der Waals surface area contributed by atoms with Gasteiger partial charge < -0.3 is 19.7 Å². The highest BCUT2D eigenvalue weighted by Crippen LogP contribution is 2.30. The first kappa shape index (κ1) is 18.4. The van der Waals surface area contributed by atoms with Crippen molar-refractivity contribution in [3.05, 3.63) is 53.6 Å². The molecular formula is C20H22O5. The zero-order valence-corrected chi connectivity index (χ0v) is 14.4. The summed E-state index contributed by atoms with van der Waals surface area (Å²) in [6.07, 6.45) is 3.48. The third-order valence-corrected chi connectivity index (χ3v) is 3.64. The minimum absolute atomic E-state index is 0.0166. The van der Waals surface area contributed by atoms with Gasteiger partial charge in [-0.25, -0.2) is 4.79 Å². The first-order chi connectivity index (χ1) is 12.0. The monoisotopic (exact) mass is 342 g/mol. The standard InChI is InChI=1S/C20H22O5/c1-3-4-10-25-19-12-14(8-9-18(19)24-2)11-17(20(22)23)15-6-5-7-16(21)13-15/h5-9,11-13,21H,3-4,10H2,1-2H3,(H,22,23)/b17-11-. The molecule has 0 aliphatic heterocycles. The molecule has 0 bridgehead atoms. The maximum absolute atomic E-state index is 11.6. The Morgan fingerprint density at radius 3 is 2.60 bits per heavy atom. The van der Waals surface area contributed by atoms with Crippen molar-refractivity contribution in [2.45, 2.75) is 19.8 Å². The number of phenols is 1. The quantitative estimate of drug-likeness (QED) is 0.427. The average molecular weight is 342 g/mol. The second-order valence-corrected chi connectivity index (χ2v) is 5.53. The summed E-state index contributed by atoms with van der Waals surface area (Å²) in [5.41, 5.74) is 1.19. The minimum Gasteiger partial charge on any atom is -0.508 e. The highest BCUT2D eigenvalue weighted by atomic mass is 16.5. The summed E-state index contributed by atoms with van der Waals surface area (Å²) >= 11 is 0. The van der Waals surface area contributed by atoms with Gasteiger partial charge in [-0.2, -0.15) is 0 Å². The molecule has 0 radical (unpaired) electrons. The lowest BCUT2D eigenvalue weighted by Crippen LogP contribution is -2.01. The number of aliphatic carboxylic acids is 1. The summed E-state index contributed by atoms with van der Waals surface area (Å²) in [7, 11) is 1.56. The van der Waals surface area contributed by atoms with E-state index in [1.807, 2.05) is 0 Å². The van der Waals surface area contributed by atoms with Crippen molar-refractivity contribution >= 4 is 17.6 Å². The number of benzene rings is 2. The first-order valence-electron chi connectivity index (χ1n) is 8.10. The maximum Gasteiger partial charge on any atom is 0.336 e. The van der Waals surface area contributed by atoms with E-state index in [4.69, 9.17) is 9.47 Å². The fourth-order valence-electron chi connectivity index (χ4n) is 2.33. The number of carboxylic acid groups (broad SMARTS) is 1. The van der Waals surface area contributed by atoms with E-state index in [0.717, 1.165) is 12.8 Å². The van der Waals surface area contributed by atoms with Gasteiger partial charge in [0.05, 0.1) is 19.3 Å². The number of hydrogen-bond acceptors (Lipinski definition) is 4. The molecule has 0 aliphatic rings. The Morgan fingerprint density at radius 1 is 1.16 bits per heavy atom. The van der Waals surface area contributed by atoms with Crippen LogP contribution in [0.3, 0.4) is 0 Å². The Bertz CT molecular complexity index is 764. The molecule has 0 unspecified atom stereocenters. The number of phenolic OH excluding ortho intramolecular Hbond substituents is 1. The molecule has 5 nitrogen and oxygen atoms in total. The van der Waals surface area contributed by atoms with E-state index in [1.165, 1.54) is 12.1 Å². The molecule has 0 amide bonds. The summed E-state index contributed by atoms with van der Waals surface area (Å²) in [6, 6.07) is 11.4. The van der Waals surface area contributed by atoms with E-state index in [0.29, 0.717) is 29.2 Å². The van der Waals surface area contributed by atoms with E-state index < -0.39 is 5.97 Å². The van der Waals surface area contributed by atoms with E-state index in [1.54, 1.807) is 43.5 Å². The van der Waals surface area contributed by atoms with Crippen molar-refractivity contribution in [2.75, 3.05) is 13.7 Å². The van der Waals surface area contributed by atoms with Crippen LogP contribution in [-0.4, -0.2) is 29.9 Å². The highest BCUT2D eigenvalue weighted by Gasteiger charge is 2.12. The van der Waals surface area contributed by atoms with Crippen LogP contribution in [0.15, 0.2) is 42.5 Å². The smallest absolute Gasteiger partial charge is 0.336 e. The zero-order valence-electron chi connectivity index (χ0n) is 14.4. The number of carboxylic acids is 1. The molecule has 0 atom stereocenters. The average Bonchev–Trinajstić information content (AvgIpc) is 2.60. The summed E-state index contributed by atoms with van der Waals surface area (Å²) in [6.45, 7) is 2.65. The summed E-state index contributed by atoms with van der Waals surface area (Å²) in [5, 5.41) is 19.1. The summed E-state index contributed by atoms with van der Waals surface area (Å²) < 4.78 is 11.0. The van der Waals surface area contributed by atoms with E-state index >= 15 is 0 Å². The van der Waals surface area contributed by atoms with E-state index in [9.17, 15) is 15.0 Å². The van der Waals surface area contributed by atoms with Crippen molar-refractivity contribution in [3.63, 3.8) is 0 Å². The van der Waals surface area contributed by atoms with E-state index in [2.05, 4.69) is 6.92 Å². The van der Waals surface area contributed by atoms with Crippen molar-refractivity contribution in [1.82, 2.24) is 0 Å². The predicted molar refractivity (Wildman–Crippen MR) is 97.0 cm³/mol. The van der Waals surface area contributed by atoms with Crippen LogP contribution in [0, 0.1) is 0 Å². The molecule has 0 saturated heterocycles. The van der Waals surface area contributed by atoms with E-state index in [-0.39, 0.29) is 11.3 Å². The fraction of sp³-hybridized carbons (Fsp3) is 0.250. The Morgan fingerprint density at radius 2 is 1.96 bits per heavy atom. The van der Waals surface area contributed by atoms with Gasteiger partial charge in [-0.1, -0.05) is 31.5 Å². The lowest BCUT2D eigenvalue weighted by atomic mass is 10.0. The van der Waals surface area contributed by atoms with Crippen LogP contribution < -0.4 is 9.47 Å². The molecule has 2 aromatic carbocycles. The molecule has 0 aliphatic carbocycles. The van der Waals surface area contributed by atoms with Gasteiger partial charge in [-0.05, 0) is 47.9 Å². The molecule has 0 aromatic heterocycles. The molecule has 5 heteroatoms. The number of hydrogen-bond donors (Lipinski definition) is 2. The fourth-order valence-corrected chi connectivity index (χ4v) is 2.33. The molecule has 2 aromatic rings. The van der Waals surface area contributed by atoms with Crippen molar-refractivity contribution in [3.8, 4) is 17.2 Å². The molecule has 25 heavy (non-hydrogen) atoms. The molecule has 0 spiro atoms. The van der Waals surface area contributed by atoms with Crippen molar-refractivity contribution < 1.29 is 24.5 Å². The lowest BCUT2D eigenvalue weighted by Gasteiger charge is -2.11.